The standard InChI is InChI=1S/C33H46O6/c1-24(16-12-18-26(3)30(37-7)22-20-28(5)32(34)35)14-10-11-15-25(2)17-13-19-27(4)31(38-8)23-21-29(6)33(36)39-9/h10-21,30-31H,22-23H2,1-9H3,(H,34,35)/b11-10+,16-12+,17-13+,24-14+,25-15+,26-18+,27-19+,28-20+,29-21+. The summed E-state index contributed by atoms with van der Waals surface area (Å²) in [7, 11) is 4.65. The Labute approximate surface area is 235 Å². The molecule has 0 aromatic heterocycles. The molecule has 214 valence electrons. The Morgan fingerprint density at radius 1 is 0.641 bits per heavy atom. The predicted molar refractivity (Wildman–Crippen MR) is 160 cm³/mol. The minimum Gasteiger partial charge on any atom is -0.478 e. The average molecular weight is 539 g/mol. The van der Waals surface area contributed by atoms with Gasteiger partial charge in [-0.05, 0) is 65.5 Å². The van der Waals surface area contributed by atoms with E-state index in [9.17, 15) is 9.59 Å². The van der Waals surface area contributed by atoms with E-state index in [4.69, 9.17) is 19.3 Å². The second kappa shape index (κ2) is 20.5. The zero-order chi connectivity index (χ0) is 29.8. The van der Waals surface area contributed by atoms with Crippen LogP contribution in [0.25, 0.3) is 0 Å². The fraction of sp³-hybridized carbons (Fsp3) is 0.394. The summed E-state index contributed by atoms with van der Waals surface area (Å²) in [5.74, 6) is -1.25. The molecule has 39 heavy (non-hydrogen) atoms. The lowest BCUT2D eigenvalue weighted by atomic mass is 10.1. The minimum absolute atomic E-state index is 0.114. The van der Waals surface area contributed by atoms with Gasteiger partial charge in [0, 0.05) is 25.4 Å². The molecule has 0 saturated heterocycles. The first-order valence-corrected chi connectivity index (χ1v) is 12.9. The second-order valence-electron chi connectivity index (χ2n) is 9.24. The molecule has 0 rings (SSSR count). The number of ether oxygens (including phenoxy) is 3. The van der Waals surface area contributed by atoms with Crippen LogP contribution in [0, 0.1) is 0 Å². The monoisotopic (exact) mass is 538 g/mol. The normalized spacial score (nSPS) is 16.4. The number of carbonyl (C=O) groups excluding carboxylic acids is 1. The molecule has 1 N–H and O–H groups in total. The molecule has 0 saturated carbocycles. The van der Waals surface area contributed by atoms with E-state index < -0.39 is 5.97 Å². The minimum atomic E-state index is -0.915. The Balaban J connectivity index is 5.02. The van der Waals surface area contributed by atoms with Crippen LogP contribution in [0.5, 0.6) is 0 Å². The summed E-state index contributed by atoms with van der Waals surface area (Å²) in [6.07, 6.45) is 24.4. The molecule has 0 aromatic carbocycles. The molecular weight excluding hydrogens is 492 g/mol. The number of hydrogen-bond acceptors (Lipinski definition) is 5. The van der Waals surface area contributed by atoms with Crippen molar-refractivity contribution >= 4 is 11.9 Å². The van der Waals surface area contributed by atoms with E-state index in [2.05, 4.69) is 0 Å². The zero-order valence-electron chi connectivity index (χ0n) is 25.0. The summed E-state index contributed by atoms with van der Waals surface area (Å²) in [4.78, 5) is 22.5. The molecule has 2 unspecified atom stereocenters. The number of allylic oxidation sites excluding steroid dienone is 12. The molecule has 0 amide bonds. The molecule has 0 radical (unpaired) electrons. The molecule has 0 aromatic rings. The molecule has 0 bridgehead atoms. The van der Waals surface area contributed by atoms with Crippen molar-refractivity contribution in [3.05, 3.63) is 106 Å². The van der Waals surface area contributed by atoms with Gasteiger partial charge in [0.05, 0.1) is 19.3 Å². The van der Waals surface area contributed by atoms with Crippen molar-refractivity contribution < 1.29 is 28.9 Å². The third kappa shape index (κ3) is 16.2. The number of carbonyl (C=O) groups is 2. The zero-order valence-corrected chi connectivity index (χ0v) is 25.0. The predicted octanol–water partition coefficient (Wildman–Crippen LogP) is 7.40. The average Bonchev–Trinajstić information content (AvgIpc) is 2.90. The van der Waals surface area contributed by atoms with Crippen LogP contribution in [-0.2, 0) is 23.8 Å². The highest BCUT2D eigenvalue weighted by Gasteiger charge is 2.10. The molecule has 2 atom stereocenters. The third-order valence-corrected chi connectivity index (χ3v) is 5.97. The van der Waals surface area contributed by atoms with Gasteiger partial charge in [-0.2, -0.15) is 0 Å². The number of aliphatic carboxylic acids is 1. The number of carboxylic acids is 1. The van der Waals surface area contributed by atoms with E-state index in [1.165, 1.54) is 7.11 Å². The lowest BCUT2D eigenvalue weighted by Gasteiger charge is -2.14. The first-order valence-electron chi connectivity index (χ1n) is 12.9. The van der Waals surface area contributed by atoms with Gasteiger partial charge in [-0.3, -0.25) is 0 Å². The van der Waals surface area contributed by atoms with Crippen molar-refractivity contribution in [1.29, 1.82) is 0 Å². The van der Waals surface area contributed by atoms with Crippen LogP contribution < -0.4 is 0 Å². The fourth-order valence-electron chi connectivity index (χ4n) is 3.28. The maximum absolute atomic E-state index is 11.5. The van der Waals surface area contributed by atoms with E-state index in [0.29, 0.717) is 24.0 Å². The molecule has 0 spiro atoms. The van der Waals surface area contributed by atoms with Crippen molar-refractivity contribution in [3.8, 4) is 0 Å². The van der Waals surface area contributed by atoms with Crippen LogP contribution in [0.15, 0.2) is 106 Å². The highest BCUT2D eigenvalue weighted by molar-refractivity contribution is 5.87. The van der Waals surface area contributed by atoms with E-state index in [1.54, 1.807) is 34.1 Å². The topological polar surface area (TPSA) is 82.1 Å². The summed E-state index contributed by atoms with van der Waals surface area (Å²) in [5, 5.41) is 8.99. The quantitative estimate of drug-likeness (QED) is 0.125. The van der Waals surface area contributed by atoms with E-state index in [0.717, 1.165) is 22.3 Å². The Morgan fingerprint density at radius 2 is 1.05 bits per heavy atom. The van der Waals surface area contributed by atoms with Gasteiger partial charge >= 0.3 is 11.9 Å². The highest BCUT2D eigenvalue weighted by atomic mass is 16.5. The van der Waals surface area contributed by atoms with Crippen LogP contribution in [0.3, 0.4) is 0 Å². The van der Waals surface area contributed by atoms with Gasteiger partial charge < -0.3 is 19.3 Å². The number of methoxy groups -OCH3 is 3. The largest absolute Gasteiger partial charge is 0.478 e. The van der Waals surface area contributed by atoms with Gasteiger partial charge in [0.1, 0.15) is 0 Å². The first kappa shape index (κ1) is 35.5. The summed E-state index contributed by atoms with van der Waals surface area (Å²) < 4.78 is 15.8. The van der Waals surface area contributed by atoms with E-state index >= 15 is 0 Å². The van der Waals surface area contributed by atoms with Crippen molar-refractivity contribution in [2.45, 2.75) is 66.6 Å². The molecule has 6 heteroatoms. The Hall–Kier alpha value is -3.48. The van der Waals surface area contributed by atoms with Gasteiger partial charge in [0.2, 0.25) is 0 Å². The molecule has 6 nitrogen and oxygen atoms in total. The van der Waals surface area contributed by atoms with Gasteiger partial charge in [0.15, 0.2) is 0 Å². The number of carboxylic acid groups (broad SMARTS) is 1. The first-order chi connectivity index (χ1) is 18.5. The molecule has 0 aliphatic carbocycles. The fourth-order valence-corrected chi connectivity index (χ4v) is 3.28. The van der Waals surface area contributed by atoms with Crippen LogP contribution in [0.1, 0.15) is 54.4 Å². The Kier molecular flexibility index (Phi) is 18.7. The molecule has 0 aliphatic heterocycles. The number of hydrogen-bond donors (Lipinski definition) is 1. The summed E-state index contributed by atoms with van der Waals surface area (Å²) in [6.45, 7) is 11.3. The van der Waals surface area contributed by atoms with E-state index in [1.807, 2.05) is 94.5 Å². The number of rotatable bonds is 16. The Bertz CT molecular complexity index is 1070. The van der Waals surface area contributed by atoms with Gasteiger partial charge in [-0.15, -0.1) is 0 Å². The van der Waals surface area contributed by atoms with Crippen molar-refractivity contribution in [2.24, 2.45) is 0 Å². The highest BCUT2D eigenvalue weighted by Crippen LogP contribution is 2.14. The lowest BCUT2D eigenvalue weighted by Crippen LogP contribution is -2.12. The summed E-state index contributed by atoms with van der Waals surface area (Å²) in [5.41, 5.74) is 5.15. The molecule has 0 aliphatic rings. The van der Waals surface area contributed by atoms with Crippen LogP contribution >= 0.6 is 0 Å². The van der Waals surface area contributed by atoms with Crippen LogP contribution in [0.2, 0.25) is 0 Å². The van der Waals surface area contributed by atoms with Gasteiger partial charge in [-0.1, -0.05) is 84.1 Å². The van der Waals surface area contributed by atoms with Gasteiger partial charge in [0.25, 0.3) is 0 Å². The molecular formula is C33H46O6. The summed E-state index contributed by atoms with van der Waals surface area (Å²) in [6, 6.07) is 0. The smallest absolute Gasteiger partial charge is 0.333 e. The van der Waals surface area contributed by atoms with Gasteiger partial charge in [-0.25, -0.2) is 9.59 Å². The van der Waals surface area contributed by atoms with Crippen LogP contribution in [0.4, 0.5) is 0 Å². The van der Waals surface area contributed by atoms with E-state index in [-0.39, 0.29) is 18.2 Å². The molecule has 0 heterocycles. The lowest BCUT2D eigenvalue weighted by molar-refractivity contribution is -0.136. The third-order valence-electron chi connectivity index (χ3n) is 5.97. The maximum Gasteiger partial charge on any atom is 0.333 e. The van der Waals surface area contributed by atoms with Crippen molar-refractivity contribution in [3.63, 3.8) is 0 Å². The van der Waals surface area contributed by atoms with Crippen molar-refractivity contribution in [1.82, 2.24) is 0 Å². The Morgan fingerprint density at radius 3 is 1.41 bits per heavy atom. The van der Waals surface area contributed by atoms with Crippen molar-refractivity contribution in [2.75, 3.05) is 21.3 Å². The maximum atomic E-state index is 11.5. The number of esters is 1. The summed E-state index contributed by atoms with van der Waals surface area (Å²) >= 11 is 0. The SMILES string of the molecule is COC(=O)/C(C)=C/CC(OC)/C(C)=C/C=C/C(C)=C/C=C/C=C(C)/C=C/C=C(\C)C(C/C=C(\C)C(=O)O)OC. The molecule has 0 fully saturated rings. The van der Waals surface area contributed by atoms with Crippen LogP contribution in [-0.4, -0.2) is 50.6 Å². The second-order valence-corrected chi connectivity index (χ2v) is 9.24.